The Bertz CT molecular complexity index is 701. The number of anilines is 1. The fourth-order valence-electron chi connectivity index (χ4n) is 3.94. The number of hydrogen-bond acceptors (Lipinski definition) is 3. The summed E-state index contributed by atoms with van der Waals surface area (Å²) in [4.78, 5) is 36.7. The first-order chi connectivity index (χ1) is 12.5. The molecule has 1 atom stereocenters. The molecule has 2 heterocycles. The van der Waals surface area contributed by atoms with E-state index in [1.54, 1.807) is 0 Å². The number of fused-ring (bicyclic) bond motifs is 1. The Morgan fingerprint density at radius 3 is 2.88 bits per heavy atom. The monoisotopic (exact) mass is 358 g/mol. The van der Waals surface area contributed by atoms with E-state index in [4.69, 9.17) is 5.11 Å². The highest BCUT2D eigenvalue weighted by Crippen LogP contribution is 2.25. The van der Waals surface area contributed by atoms with Crippen LogP contribution in [0.2, 0.25) is 0 Å². The summed E-state index contributed by atoms with van der Waals surface area (Å²) in [6, 6.07) is 6.06. The van der Waals surface area contributed by atoms with Crippen LogP contribution < -0.4 is 5.32 Å². The lowest BCUT2D eigenvalue weighted by molar-refractivity contribution is -0.140. The topological polar surface area (TPSA) is 86.7 Å². The minimum Gasteiger partial charge on any atom is -0.481 e. The van der Waals surface area contributed by atoms with Gasteiger partial charge in [0.05, 0.1) is 6.42 Å². The fraction of sp³-hybridized carbons (Fsp3) is 0.550. The molecule has 0 spiro atoms. The molecule has 6 nitrogen and oxygen atoms in total. The lowest BCUT2D eigenvalue weighted by atomic mass is 9.97. The summed E-state index contributed by atoms with van der Waals surface area (Å²) in [5, 5.41) is 11.7. The molecular weight excluding hydrogens is 332 g/mol. The van der Waals surface area contributed by atoms with Gasteiger partial charge in [0.2, 0.25) is 11.8 Å². The number of piperidine rings is 1. The van der Waals surface area contributed by atoms with Crippen molar-refractivity contribution in [2.24, 2.45) is 0 Å². The standard InChI is InChI=1S/C20H26N2O4/c23-18-13-15-12-14(7-9-17(15)21-18)4-3-6-19(24)22-11-2-1-5-16(22)8-10-20(25)26/h7,9,12,16H,1-6,8,10-11,13H2,(H,21,23)(H,25,26)/t16-/m0/s1. The van der Waals surface area contributed by atoms with Crippen LogP contribution in [0.3, 0.4) is 0 Å². The van der Waals surface area contributed by atoms with E-state index in [1.165, 1.54) is 0 Å². The van der Waals surface area contributed by atoms with Crippen molar-refractivity contribution >= 4 is 23.5 Å². The molecule has 3 rings (SSSR count). The number of aliphatic carboxylic acids is 1. The van der Waals surface area contributed by atoms with Gasteiger partial charge in [0.1, 0.15) is 0 Å². The molecule has 1 saturated heterocycles. The van der Waals surface area contributed by atoms with Gasteiger partial charge < -0.3 is 15.3 Å². The Morgan fingerprint density at radius 2 is 2.08 bits per heavy atom. The highest BCUT2D eigenvalue weighted by atomic mass is 16.4. The van der Waals surface area contributed by atoms with Crippen molar-refractivity contribution in [2.45, 2.75) is 63.8 Å². The molecular formula is C20H26N2O4. The Labute approximate surface area is 153 Å². The Hall–Kier alpha value is -2.37. The van der Waals surface area contributed by atoms with Crippen molar-refractivity contribution in [1.82, 2.24) is 4.90 Å². The third kappa shape index (κ3) is 4.62. The average molecular weight is 358 g/mol. The third-order valence-electron chi connectivity index (χ3n) is 5.29. The van der Waals surface area contributed by atoms with Crippen molar-refractivity contribution in [3.05, 3.63) is 29.3 Å². The number of carbonyl (C=O) groups is 3. The van der Waals surface area contributed by atoms with Crippen LogP contribution in [0.5, 0.6) is 0 Å². The van der Waals surface area contributed by atoms with Crippen LogP contribution in [0.1, 0.15) is 56.1 Å². The van der Waals surface area contributed by atoms with Crippen LogP contribution in [0.15, 0.2) is 18.2 Å². The summed E-state index contributed by atoms with van der Waals surface area (Å²) in [7, 11) is 0. The number of rotatable bonds is 7. The van der Waals surface area contributed by atoms with Crippen molar-refractivity contribution in [1.29, 1.82) is 0 Å². The summed E-state index contributed by atoms with van der Waals surface area (Å²) in [5.74, 6) is -0.629. The minimum absolute atomic E-state index is 0.0322. The van der Waals surface area contributed by atoms with Gasteiger partial charge in [0, 0.05) is 31.1 Å². The van der Waals surface area contributed by atoms with Gasteiger partial charge in [-0.05, 0) is 55.7 Å². The van der Waals surface area contributed by atoms with Gasteiger partial charge >= 0.3 is 5.97 Å². The molecule has 2 N–H and O–H groups in total. The van der Waals surface area contributed by atoms with E-state index in [0.717, 1.165) is 55.5 Å². The number of carboxylic acid groups (broad SMARTS) is 1. The molecule has 2 amide bonds. The molecule has 0 radical (unpaired) electrons. The van der Waals surface area contributed by atoms with E-state index in [0.29, 0.717) is 19.3 Å². The molecule has 0 saturated carbocycles. The van der Waals surface area contributed by atoms with Crippen molar-refractivity contribution in [2.75, 3.05) is 11.9 Å². The van der Waals surface area contributed by atoms with Gasteiger partial charge in [-0.25, -0.2) is 0 Å². The average Bonchev–Trinajstić information content (AvgIpc) is 2.99. The van der Waals surface area contributed by atoms with Gasteiger partial charge in [-0.2, -0.15) is 0 Å². The van der Waals surface area contributed by atoms with Crippen LogP contribution in [0, 0.1) is 0 Å². The number of amides is 2. The first-order valence-corrected chi connectivity index (χ1v) is 9.46. The van der Waals surface area contributed by atoms with Gasteiger partial charge in [0.25, 0.3) is 0 Å². The second-order valence-electron chi connectivity index (χ2n) is 7.24. The lowest BCUT2D eigenvalue weighted by Crippen LogP contribution is -2.43. The first kappa shape index (κ1) is 18.4. The second kappa shape index (κ2) is 8.34. The van der Waals surface area contributed by atoms with Crippen molar-refractivity contribution in [3.8, 4) is 0 Å². The molecule has 0 bridgehead atoms. The Morgan fingerprint density at radius 1 is 1.23 bits per heavy atom. The number of aryl methyl sites for hydroxylation is 1. The molecule has 26 heavy (non-hydrogen) atoms. The maximum absolute atomic E-state index is 12.6. The van der Waals surface area contributed by atoms with E-state index in [9.17, 15) is 14.4 Å². The summed E-state index contributed by atoms with van der Waals surface area (Å²) in [5.41, 5.74) is 3.07. The van der Waals surface area contributed by atoms with Crippen LogP contribution in [0.4, 0.5) is 5.69 Å². The van der Waals surface area contributed by atoms with Crippen LogP contribution >= 0.6 is 0 Å². The van der Waals surface area contributed by atoms with Crippen molar-refractivity contribution < 1.29 is 19.5 Å². The van der Waals surface area contributed by atoms with Crippen LogP contribution in [-0.4, -0.2) is 40.4 Å². The van der Waals surface area contributed by atoms with Gasteiger partial charge in [-0.3, -0.25) is 14.4 Å². The van der Waals surface area contributed by atoms with Crippen molar-refractivity contribution in [3.63, 3.8) is 0 Å². The number of likely N-dealkylation sites (tertiary alicyclic amines) is 1. The molecule has 2 aliphatic heterocycles. The molecule has 0 unspecified atom stereocenters. The van der Waals surface area contributed by atoms with Crippen LogP contribution in [-0.2, 0) is 27.2 Å². The zero-order valence-electron chi connectivity index (χ0n) is 15.0. The Kier molecular flexibility index (Phi) is 5.91. The van der Waals surface area contributed by atoms with Gasteiger partial charge in [0.15, 0.2) is 0 Å². The maximum atomic E-state index is 12.6. The largest absolute Gasteiger partial charge is 0.481 e. The summed E-state index contributed by atoms with van der Waals surface area (Å²) in [6.45, 7) is 0.746. The van der Waals surface area contributed by atoms with E-state index in [1.807, 2.05) is 23.1 Å². The van der Waals surface area contributed by atoms with E-state index in [-0.39, 0.29) is 24.3 Å². The highest BCUT2D eigenvalue weighted by molar-refractivity contribution is 5.99. The number of benzene rings is 1. The predicted molar refractivity (Wildman–Crippen MR) is 97.9 cm³/mol. The van der Waals surface area contributed by atoms with E-state index < -0.39 is 5.97 Å². The number of carboxylic acids is 1. The zero-order valence-corrected chi connectivity index (χ0v) is 15.0. The molecule has 140 valence electrons. The maximum Gasteiger partial charge on any atom is 0.303 e. The van der Waals surface area contributed by atoms with Gasteiger partial charge in [-0.1, -0.05) is 12.1 Å². The predicted octanol–water partition coefficient (Wildman–Crippen LogP) is 2.75. The molecule has 1 aromatic rings. The number of hydrogen-bond donors (Lipinski definition) is 2. The third-order valence-corrected chi connectivity index (χ3v) is 5.29. The first-order valence-electron chi connectivity index (χ1n) is 9.46. The van der Waals surface area contributed by atoms with Crippen LogP contribution in [0.25, 0.3) is 0 Å². The number of carbonyl (C=O) groups excluding carboxylic acids is 2. The molecule has 1 aromatic carbocycles. The SMILES string of the molecule is O=C(O)CC[C@@H]1CCCCN1C(=O)CCCc1ccc2c(c1)CC(=O)N2. The zero-order chi connectivity index (χ0) is 18.5. The summed E-state index contributed by atoms with van der Waals surface area (Å²) in [6.07, 6.45) is 6.13. The normalized spacial score (nSPS) is 19.2. The number of nitrogens with one attached hydrogen (secondary N) is 1. The minimum atomic E-state index is -0.799. The molecule has 1 fully saturated rings. The molecule has 0 aromatic heterocycles. The number of nitrogens with zero attached hydrogens (tertiary/aromatic N) is 1. The molecule has 0 aliphatic carbocycles. The molecule has 6 heteroatoms. The second-order valence-corrected chi connectivity index (χ2v) is 7.24. The van der Waals surface area contributed by atoms with Gasteiger partial charge in [-0.15, -0.1) is 0 Å². The van der Waals surface area contributed by atoms with E-state index in [2.05, 4.69) is 5.32 Å². The Balaban J connectivity index is 1.49. The summed E-state index contributed by atoms with van der Waals surface area (Å²) < 4.78 is 0. The summed E-state index contributed by atoms with van der Waals surface area (Å²) >= 11 is 0. The smallest absolute Gasteiger partial charge is 0.303 e. The lowest BCUT2D eigenvalue weighted by Gasteiger charge is -2.35. The quantitative estimate of drug-likeness (QED) is 0.785. The molecule has 2 aliphatic rings. The van der Waals surface area contributed by atoms with E-state index >= 15 is 0 Å². The fourth-order valence-corrected chi connectivity index (χ4v) is 3.94. The highest BCUT2D eigenvalue weighted by Gasteiger charge is 2.26.